The summed E-state index contributed by atoms with van der Waals surface area (Å²) in [5, 5.41) is 12.1. The molecule has 0 radical (unpaired) electrons. The van der Waals surface area contributed by atoms with Gasteiger partial charge in [0.25, 0.3) is 0 Å². The number of rotatable bonds is 7. The molecule has 1 N–H and O–H groups in total. The molecule has 0 fully saturated rings. The third-order valence-electron chi connectivity index (χ3n) is 3.27. The van der Waals surface area contributed by atoms with E-state index in [1.54, 1.807) is 26.1 Å². The highest BCUT2D eigenvalue weighted by molar-refractivity contribution is 8.02. The summed E-state index contributed by atoms with van der Waals surface area (Å²) in [6.45, 7) is 4.07. The van der Waals surface area contributed by atoms with Gasteiger partial charge >= 0.3 is 0 Å². The Balaban J connectivity index is 2.11. The average molecular weight is 367 g/mol. The number of methoxy groups -OCH3 is 1. The van der Waals surface area contributed by atoms with Crippen molar-refractivity contribution in [2.45, 2.75) is 23.4 Å². The number of carbonyl (C=O) groups excluding carboxylic acids is 1. The van der Waals surface area contributed by atoms with Crippen molar-refractivity contribution >= 4 is 39.8 Å². The van der Waals surface area contributed by atoms with Crippen molar-refractivity contribution in [1.29, 1.82) is 0 Å². The molecular formula is C16H22N4O2S2. The van der Waals surface area contributed by atoms with Crippen molar-refractivity contribution in [2.24, 2.45) is 5.92 Å². The fourth-order valence-electron chi connectivity index (χ4n) is 2.01. The van der Waals surface area contributed by atoms with Crippen LogP contribution in [0.4, 0.5) is 10.8 Å². The van der Waals surface area contributed by atoms with Gasteiger partial charge in [0.05, 0.1) is 18.0 Å². The number of carbonyl (C=O) groups is 1. The highest BCUT2D eigenvalue weighted by Gasteiger charge is 2.26. The van der Waals surface area contributed by atoms with Gasteiger partial charge in [-0.1, -0.05) is 49.1 Å². The summed E-state index contributed by atoms with van der Waals surface area (Å²) in [7, 11) is 5.17. The van der Waals surface area contributed by atoms with Crippen LogP contribution < -0.4 is 10.1 Å². The van der Waals surface area contributed by atoms with Crippen LogP contribution in [0.25, 0.3) is 0 Å². The van der Waals surface area contributed by atoms with Gasteiger partial charge in [0.15, 0.2) is 4.34 Å². The van der Waals surface area contributed by atoms with Gasteiger partial charge in [-0.05, 0) is 18.1 Å². The minimum absolute atomic E-state index is 0.0874. The Morgan fingerprint density at radius 3 is 2.62 bits per heavy atom. The van der Waals surface area contributed by atoms with Gasteiger partial charge in [-0.2, -0.15) is 0 Å². The van der Waals surface area contributed by atoms with Crippen molar-refractivity contribution in [3.05, 3.63) is 24.3 Å². The number of hydrogen-bond donors (Lipinski definition) is 1. The molecule has 8 heteroatoms. The molecule has 0 aliphatic heterocycles. The standard InChI is InChI=1S/C16H22N4O2S2/c1-10(2)13(14(21)20(3)4)23-16-19-18-15(24-16)17-11-8-6-7-9-12(11)22-5/h6-10,13H,1-5H3,(H,17,18). The lowest BCUT2D eigenvalue weighted by Crippen LogP contribution is -2.34. The predicted molar refractivity (Wildman–Crippen MR) is 99.4 cm³/mol. The second kappa shape index (κ2) is 8.34. The van der Waals surface area contributed by atoms with Gasteiger partial charge in [-0.25, -0.2) is 0 Å². The van der Waals surface area contributed by atoms with Crippen LogP contribution in [0.15, 0.2) is 28.6 Å². The second-order valence-electron chi connectivity index (χ2n) is 5.71. The lowest BCUT2D eigenvalue weighted by atomic mass is 10.1. The highest BCUT2D eigenvalue weighted by Crippen LogP contribution is 2.35. The minimum Gasteiger partial charge on any atom is -0.495 e. The lowest BCUT2D eigenvalue weighted by molar-refractivity contribution is -0.128. The van der Waals surface area contributed by atoms with E-state index in [0.717, 1.165) is 15.8 Å². The summed E-state index contributed by atoms with van der Waals surface area (Å²) < 4.78 is 6.08. The number of aromatic nitrogens is 2. The molecule has 0 aliphatic carbocycles. The number of nitrogens with one attached hydrogen (secondary N) is 1. The average Bonchev–Trinajstić information content (AvgIpc) is 2.99. The Hall–Kier alpha value is -1.80. The molecule has 0 saturated heterocycles. The third-order valence-corrected chi connectivity index (χ3v) is 5.73. The lowest BCUT2D eigenvalue weighted by Gasteiger charge is -2.21. The maximum Gasteiger partial charge on any atom is 0.235 e. The number of anilines is 2. The van der Waals surface area contributed by atoms with E-state index in [1.807, 2.05) is 38.1 Å². The zero-order chi connectivity index (χ0) is 17.7. The summed E-state index contributed by atoms with van der Waals surface area (Å²) in [6, 6.07) is 7.63. The minimum atomic E-state index is -0.174. The molecule has 6 nitrogen and oxygen atoms in total. The summed E-state index contributed by atoms with van der Waals surface area (Å²) in [5.74, 6) is 1.04. The van der Waals surface area contributed by atoms with E-state index in [-0.39, 0.29) is 17.1 Å². The van der Waals surface area contributed by atoms with E-state index >= 15 is 0 Å². The van der Waals surface area contributed by atoms with Gasteiger partial charge in [-0.15, -0.1) is 10.2 Å². The van der Waals surface area contributed by atoms with E-state index in [1.165, 1.54) is 23.1 Å². The third kappa shape index (κ3) is 4.61. The monoisotopic (exact) mass is 366 g/mol. The molecular weight excluding hydrogens is 344 g/mol. The van der Waals surface area contributed by atoms with Gasteiger partial charge in [-0.3, -0.25) is 4.79 Å². The number of thioether (sulfide) groups is 1. The van der Waals surface area contributed by atoms with Crippen LogP contribution in [-0.4, -0.2) is 47.5 Å². The Bertz CT molecular complexity index is 688. The molecule has 1 unspecified atom stereocenters. The molecule has 1 amide bonds. The molecule has 0 aliphatic rings. The predicted octanol–water partition coefficient (Wildman–Crippen LogP) is 3.50. The molecule has 2 rings (SSSR count). The maximum atomic E-state index is 12.3. The van der Waals surface area contributed by atoms with Gasteiger partial charge in [0.1, 0.15) is 5.75 Å². The molecule has 24 heavy (non-hydrogen) atoms. The number of amides is 1. The first kappa shape index (κ1) is 18.5. The van der Waals surface area contributed by atoms with Gasteiger partial charge in [0.2, 0.25) is 11.0 Å². The normalized spacial score (nSPS) is 12.1. The quantitative estimate of drug-likeness (QED) is 0.757. The topological polar surface area (TPSA) is 67.3 Å². The molecule has 0 spiro atoms. The number of nitrogens with zero attached hydrogens (tertiary/aromatic N) is 3. The second-order valence-corrected chi connectivity index (χ2v) is 8.08. The van der Waals surface area contributed by atoms with Crippen LogP contribution in [0.2, 0.25) is 0 Å². The van der Waals surface area contributed by atoms with E-state index in [0.29, 0.717) is 5.13 Å². The summed E-state index contributed by atoms with van der Waals surface area (Å²) in [4.78, 5) is 13.9. The van der Waals surface area contributed by atoms with E-state index in [4.69, 9.17) is 4.74 Å². The van der Waals surface area contributed by atoms with E-state index < -0.39 is 0 Å². The van der Waals surface area contributed by atoms with Crippen molar-refractivity contribution < 1.29 is 9.53 Å². The largest absolute Gasteiger partial charge is 0.495 e. The molecule has 0 bridgehead atoms. The molecule has 2 aromatic rings. The first-order chi connectivity index (χ1) is 11.4. The highest BCUT2D eigenvalue weighted by atomic mass is 32.2. The number of ether oxygens (including phenoxy) is 1. The van der Waals surface area contributed by atoms with Crippen LogP contribution in [0, 0.1) is 5.92 Å². The Labute approximate surface area is 150 Å². The maximum absolute atomic E-state index is 12.3. The Morgan fingerprint density at radius 2 is 2.00 bits per heavy atom. The van der Waals surface area contributed by atoms with Crippen molar-refractivity contribution in [3.63, 3.8) is 0 Å². The molecule has 1 atom stereocenters. The number of hydrogen-bond acceptors (Lipinski definition) is 7. The van der Waals surface area contributed by atoms with E-state index in [2.05, 4.69) is 15.5 Å². The first-order valence-electron chi connectivity index (χ1n) is 7.53. The van der Waals surface area contributed by atoms with Crippen molar-refractivity contribution in [3.8, 4) is 5.75 Å². The smallest absolute Gasteiger partial charge is 0.235 e. The zero-order valence-corrected chi connectivity index (χ0v) is 16.1. The van der Waals surface area contributed by atoms with Crippen molar-refractivity contribution in [2.75, 3.05) is 26.5 Å². The summed E-state index contributed by atoms with van der Waals surface area (Å²) >= 11 is 2.88. The zero-order valence-electron chi connectivity index (χ0n) is 14.4. The fourth-order valence-corrected chi connectivity index (χ4v) is 4.12. The molecule has 0 saturated carbocycles. The number of benzene rings is 1. The summed E-state index contributed by atoms with van der Waals surface area (Å²) in [5.41, 5.74) is 0.831. The Morgan fingerprint density at radius 1 is 1.29 bits per heavy atom. The molecule has 130 valence electrons. The fraction of sp³-hybridized carbons (Fsp3) is 0.438. The Kier molecular flexibility index (Phi) is 6.44. The summed E-state index contributed by atoms with van der Waals surface area (Å²) in [6.07, 6.45) is 0. The molecule has 1 aromatic heterocycles. The SMILES string of the molecule is COc1ccccc1Nc1nnc(SC(C(=O)N(C)C)C(C)C)s1. The molecule has 1 heterocycles. The van der Waals surface area contributed by atoms with Gasteiger partial charge < -0.3 is 15.0 Å². The van der Waals surface area contributed by atoms with Gasteiger partial charge in [0, 0.05) is 14.1 Å². The van der Waals surface area contributed by atoms with Crippen LogP contribution in [0.5, 0.6) is 5.75 Å². The van der Waals surface area contributed by atoms with Crippen LogP contribution >= 0.6 is 23.1 Å². The van der Waals surface area contributed by atoms with Crippen LogP contribution in [0.1, 0.15) is 13.8 Å². The number of para-hydroxylation sites is 2. The van der Waals surface area contributed by atoms with Crippen molar-refractivity contribution in [1.82, 2.24) is 15.1 Å². The van der Waals surface area contributed by atoms with Crippen LogP contribution in [0.3, 0.4) is 0 Å². The van der Waals surface area contributed by atoms with Crippen LogP contribution in [-0.2, 0) is 4.79 Å². The first-order valence-corrected chi connectivity index (χ1v) is 9.23. The molecule has 1 aromatic carbocycles. The van der Waals surface area contributed by atoms with E-state index in [9.17, 15) is 4.79 Å².